The molecule has 1 aliphatic carbocycles. The summed E-state index contributed by atoms with van der Waals surface area (Å²) in [6, 6.07) is 4.06. The van der Waals surface area contributed by atoms with Gasteiger partial charge in [0, 0.05) is 13.1 Å². The highest BCUT2D eigenvalue weighted by atomic mass is 16.3. The van der Waals surface area contributed by atoms with E-state index in [1.807, 2.05) is 6.07 Å². The van der Waals surface area contributed by atoms with Gasteiger partial charge < -0.3 is 9.73 Å². The van der Waals surface area contributed by atoms with Gasteiger partial charge in [-0.25, -0.2) is 0 Å². The van der Waals surface area contributed by atoms with Gasteiger partial charge in [-0.05, 0) is 49.9 Å². The Balaban J connectivity index is 2.01. The van der Waals surface area contributed by atoms with Crippen molar-refractivity contribution >= 4 is 0 Å². The zero-order valence-electron chi connectivity index (χ0n) is 13.3. The molecule has 0 bridgehead atoms. The Morgan fingerprint density at radius 2 is 2.35 bits per heavy atom. The summed E-state index contributed by atoms with van der Waals surface area (Å²) in [4.78, 5) is 2.54. The van der Waals surface area contributed by atoms with Crippen molar-refractivity contribution in [1.29, 1.82) is 0 Å². The van der Waals surface area contributed by atoms with Gasteiger partial charge in [0.15, 0.2) is 0 Å². The molecule has 3 nitrogen and oxygen atoms in total. The van der Waals surface area contributed by atoms with Crippen molar-refractivity contribution in [2.75, 3.05) is 26.7 Å². The van der Waals surface area contributed by atoms with E-state index < -0.39 is 0 Å². The molecule has 0 aromatic carbocycles. The van der Waals surface area contributed by atoms with E-state index in [2.05, 4.69) is 37.2 Å². The first kappa shape index (κ1) is 15.6. The second kappa shape index (κ2) is 7.28. The molecular formula is C17H30N2O. The van der Waals surface area contributed by atoms with E-state index in [0.29, 0.717) is 5.41 Å². The van der Waals surface area contributed by atoms with Crippen LogP contribution >= 0.6 is 0 Å². The minimum absolute atomic E-state index is 0.440. The maximum Gasteiger partial charge on any atom is 0.117 e. The third-order valence-corrected chi connectivity index (χ3v) is 4.70. The average Bonchev–Trinajstić information content (AvgIpc) is 2.91. The van der Waals surface area contributed by atoms with Crippen LogP contribution < -0.4 is 5.32 Å². The molecule has 1 saturated carbocycles. The molecule has 2 unspecified atom stereocenters. The van der Waals surface area contributed by atoms with Gasteiger partial charge in [0.25, 0.3) is 0 Å². The molecule has 1 fully saturated rings. The van der Waals surface area contributed by atoms with E-state index in [-0.39, 0.29) is 0 Å². The van der Waals surface area contributed by atoms with Gasteiger partial charge >= 0.3 is 0 Å². The predicted octanol–water partition coefficient (Wildman–Crippen LogP) is 3.52. The van der Waals surface area contributed by atoms with Crippen LogP contribution in [0.4, 0.5) is 0 Å². The summed E-state index contributed by atoms with van der Waals surface area (Å²) in [6.07, 6.45) is 7.25. The first-order valence-electron chi connectivity index (χ1n) is 8.07. The van der Waals surface area contributed by atoms with Gasteiger partial charge in [-0.15, -0.1) is 0 Å². The lowest BCUT2D eigenvalue weighted by atomic mass is 9.69. The quantitative estimate of drug-likeness (QED) is 0.827. The Morgan fingerprint density at radius 3 is 2.95 bits per heavy atom. The Kier molecular flexibility index (Phi) is 5.67. The van der Waals surface area contributed by atoms with Crippen LogP contribution in [0.1, 0.15) is 45.3 Å². The molecule has 1 aromatic heterocycles. The highest BCUT2D eigenvalue weighted by Gasteiger charge is 2.35. The summed E-state index contributed by atoms with van der Waals surface area (Å²) >= 11 is 0. The third kappa shape index (κ3) is 4.10. The molecule has 20 heavy (non-hydrogen) atoms. The lowest BCUT2D eigenvalue weighted by molar-refractivity contribution is 0.0774. The van der Waals surface area contributed by atoms with Crippen LogP contribution in [0, 0.1) is 11.3 Å². The van der Waals surface area contributed by atoms with Crippen LogP contribution in [0.15, 0.2) is 22.8 Å². The molecule has 114 valence electrons. The van der Waals surface area contributed by atoms with Gasteiger partial charge in [-0.1, -0.05) is 26.7 Å². The fourth-order valence-electron chi connectivity index (χ4n) is 3.88. The lowest BCUT2D eigenvalue weighted by Crippen LogP contribution is -2.45. The average molecular weight is 278 g/mol. The highest BCUT2D eigenvalue weighted by molar-refractivity contribution is 4.99. The van der Waals surface area contributed by atoms with E-state index in [0.717, 1.165) is 31.3 Å². The van der Waals surface area contributed by atoms with E-state index in [1.165, 1.54) is 32.2 Å². The molecule has 1 N–H and O–H groups in total. The normalized spacial score (nSPS) is 27.1. The monoisotopic (exact) mass is 278 g/mol. The molecule has 0 radical (unpaired) electrons. The largest absolute Gasteiger partial charge is 0.468 e. The van der Waals surface area contributed by atoms with Crippen LogP contribution in [0.2, 0.25) is 0 Å². The summed E-state index contributed by atoms with van der Waals surface area (Å²) in [5.74, 6) is 1.94. The Bertz CT molecular complexity index is 372. The molecule has 2 atom stereocenters. The summed E-state index contributed by atoms with van der Waals surface area (Å²) in [5.41, 5.74) is 0.440. The molecule has 2 rings (SSSR count). The molecule has 1 aromatic rings. The first-order chi connectivity index (χ1) is 9.67. The minimum Gasteiger partial charge on any atom is -0.468 e. The molecule has 0 saturated heterocycles. The van der Waals surface area contributed by atoms with Crippen molar-refractivity contribution in [1.82, 2.24) is 10.2 Å². The van der Waals surface area contributed by atoms with Crippen LogP contribution in [0.3, 0.4) is 0 Å². The number of nitrogens with zero attached hydrogens (tertiary/aromatic N) is 1. The van der Waals surface area contributed by atoms with Gasteiger partial charge in [0.05, 0.1) is 12.8 Å². The summed E-state index contributed by atoms with van der Waals surface area (Å²) in [6.45, 7) is 8.99. The summed E-state index contributed by atoms with van der Waals surface area (Å²) in [7, 11) is 2.09. The van der Waals surface area contributed by atoms with Crippen molar-refractivity contribution in [2.45, 2.75) is 46.1 Å². The minimum atomic E-state index is 0.440. The lowest BCUT2D eigenvalue weighted by Gasteiger charge is -2.43. The zero-order chi connectivity index (χ0) is 14.4. The van der Waals surface area contributed by atoms with Gasteiger partial charge in [-0.3, -0.25) is 4.90 Å². The Hall–Kier alpha value is -0.800. The standard InChI is InChI=1S/C17H30N2O/c1-4-19(12-16-8-6-10-20-16)14-17(13-18-3)9-5-7-15(2)11-17/h6,8,10,15,18H,4-5,7,9,11-14H2,1-3H3. The van der Waals surface area contributed by atoms with Crippen molar-refractivity contribution in [3.63, 3.8) is 0 Å². The number of furan rings is 1. The van der Waals surface area contributed by atoms with E-state index >= 15 is 0 Å². The number of nitrogens with one attached hydrogen (secondary N) is 1. The molecular weight excluding hydrogens is 248 g/mol. The van der Waals surface area contributed by atoms with Crippen LogP contribution in [-0.4, -0.2) is 31.6 Å². The molecule has 0 spiro atoms. The topological polar surface area (TPSA) is 28.4 Å². The third-order valence-electron chi connectivity index (χ3n) is 4.70. The predicted molar refractivity (Wildman–Crippen MR) is 83.7 cm³/mol. The molecule has 0 amide bonds. The molecule has 1 aliphatic rings. The van der Waals surface area contributed by atoms with Crippen molar-refractivity contribution in [2.24, 2.45) is 11.3 Å². The van der Waals surface area contributed by atoms with Crippen molar-refractivity contribution in [3.05, 3.63) is 24.2 Å². The van der Waals surface area contributed by atoms with Crippen LogP contribution in [-0.2, 0) is 6.54 Å². The van der Waals surface area contributed by atoms with Crippen LogP contribution in [0.5, 0.6) is 0 Å². The smallest absolute Gasteiger partial charge is 0.117 e. The molecule has 3 heteroatoms. The first-order valence-corrected chi connectivity index (χ1v) is 8.07. The Morgan fingerprint density at radius 1 is 1.50 bits per heavy atom. The summed E-state index contributed by atoms with van der Waals surface area (Å²) < 4.78 is 5.51. The van der Waals surface area contributed by atoms with Crippen LogP contribution in [0.25, 0.3) is 0 Å². The second-order valence-corrected chi connectivity index (χ2v) is 6.61. The van der Waals surface area contributed by atoms with E-state index in [9.17, 15) is 0 Å². The van der Waals surface area contributed by atoms with Crippen molar-refractivity contribution < 1.29 is 4.42 Å². The van der Waals surface area contributed by atoms with Gasteiger partial charge in [-0.2, -0.15) is 0 Å². The second-order valence-electron chi connectivity index (χ2n) is 6.61. The maximum absolute atomic E-state index is 5.51. The zero-order valence-corrected chi connectivity index (χ0v) is 13.3. The number of rotatable bonds is 7. The van der Waals surface area contributed by atoms with E-state index in [4.69, 9.17) is 4.42 Å². The molecule has 0 aliphatic heterocycles. The van der Waals surface area contributed by atoms with Crippen molar-refractivity contribution in [3.8, 4) is 0 Å². The fraction of sp³-hybridized carbons (Fsp3) is 0.765. The van der Waals surface area contributed by atoms with Gasteiger partial charge in [0.2, 0.25) is 0 Å². The Labute approximate surface area is 123 Å². The highest BCUT2D eigenvalue weighted by Crippen LogP contribution is 2.39. The van der Waals surface area contributed by atoms with Gasteiger partial charge in [0.1, 0.15) is 5.76 Å². The SMILES string of the molecule is CCN(Cc1ccco1)CC1(CNC)CCCC(C)C1. The number of hydrogen-bond donors (Lipinski definition) is 1. The fourth-order valence-corrected chi connectivity index (χ4v) is 3.88. The number of hydrogen-bond acceptors (Lipinski definition) is 3. The van der Waals surface area contributed by atoms with E-state index in [1.54, 1.807) is 6.26 Å². The summed E-state index contributed by atoms with van der Waals surface area (Å²) in [5, 5.41) is 3.44. The maximum atomic E-state index is 5.51. The molecule has 1 heterocycles.